The molecule has 0 saturated carbocycles. The van der Waals surface area contributed by atoms with E-state index in [1.54, 1.807) is 23.4 Å². The van der Waals surface area contributed by atoms with Gasteiger partial charge in [-0.2, -0.15) is 18.2 Å². The van der Waals surface area contributed by atoms with Gasteiger partial charge in [-0.3, -0.25) is 0 Å². The van der Waals surface area contributed by atoms with E-state index < -0.39 is 18.0 Å². The minimum absolute atomic E-state index is 0.0576. The zero-order valence-corrected chi connectivity index (χ0v) is 20.6. The SMILES string of the molecule is CN1CCN(c2ncc([C@H]3c4[nH]c5ccc(Cl)cc5c4CCN3c3ncnc(C(F)(F)F)n3)cn2)CC1. The Hall–Kier alpha value is -3.51. The van der Waals surface area contributed by atoms with Crippen molar-refractivity contribution in [2.24, 2.45) is 0 Å². The van der Waals surface area contributed by atoms with E-state index in [2.05, 4.69) is 46.8 Å². The number of H-pyrrole nitrogens is 1. The molecule has 192 valence electrons. The van der Waals surface area contributed by atoms with E-state index in [0.29, 0.717) is 29.5 Å². The molecule has 1 fully saturated rings. The zero-order valence-electron chi connectivity index (χ0n) is 19.9. The summed E-state index contributed by atoms with van der Waals surface area (Å²) in [6.07, 6.45) is 0.254. The van der Waals surface area contributed by atoms with E-state index in [9.17, 15) is 13.2 Å². The minimum atomic E-state index is -4.68. The van der Waals surface area contributed by atoms with Crippen molar-refractivity contribution in [3.05, 3.63) is 64.6 Å². The standard InChI is InChI=1S/C24H23ClF3N9/c1-35-6-8-36(9-7-35)22-29-11-14(12-30-22)20-19-16(17-10-15(25)2-3-18(17)33-19)4-5-37(20)23-32-13-31-21(34-23)24(26,27)28/h2-3,10-13,20,33H,4-9H2,1H3/t20-/m0/s1. The smallest absolute Gasteiger partial charge is 0.356 e. The van der Waals surface area contributed by atoms with Crippen LogP contribution in [0.3, 0.4) is 0 Å². The Kier molecular flexibility index (Phi) is 5.87. The molecule has 1 atom stereocenters. The van der Waals surface area contributed by atoms with E-state index in [-0.39, 0.29) is 5.95 Å². The van der Waals surface area contributed by atoms with E-state index in [1.807, 2.05) is 12.1 Å². The third kappa shape index (κ3) is 4.44. The van der Waals surface area contributed by atoms with E-state index >= 15 is 0 Å². The molecule has 0 spiro atoms. The molecule has 5 heterocycles. The van der Waals surface area contributed by atoms with Crippen molar-refractivity contribution in [1.29, 1.82) is 0 Å². The van der Waals surface area contributed by atoms with Crippen LogP contribution in [0.15, 0.2) is 36.9 Å². The highest BCUT2D eigenvalue weighted by Crippen LogP contribution is 2.40. The first-order valence-corrected chi connectivity index (χ1v) is 12.2. The number of piperazine rings is 1. The number of nitrogens with one attached hydrogen (secondary N) is 1. The molecule has 0 bridgehead atoms. The lowest BCUT2D eigenvalue weighted by Gasteiger charge is -2.36. The van der Waals surface area contributed by atoms with Crippen molar-refractivity contribution in [2.75, 3.05) is 49.6 Å². The summed E-state index contributed by atoms with van der Waals surface area (Å²) in [5.74, 6) is -0.660. The van der Waals surface area contributed by atoms with Gasteiger partial charge < -0.3 is 19.7 Å². The number of nitrogens with zero attached hydrogens (tertiary/aromatic N) is 8. The molecule has 1 N–H and O–H groups in total. The van der Waals surface area contributed by atoms with Crippen molar-refractivity contribution in [2.45, 2.75) is 18.6 Å². The Morgan fingerprint density at radius 1 is 0.973 bits per heavy atom. The molecule has 1 aromatic carbocycles. The fourth-order valence-corrected chi connectivity index (χ4v) is 5.20. The number of halogens is 4. The molecule has 0 amide bonds. The number of aromatic nitrogens is 6. The maximum atomic E-state index is 13.4. The van der Waals surface area contributed by atoms with Crippen LogP contribution >= 0.6 is 11.6 Å². The van der Waals surface area contributed by atoms with Crippen LogP contribution in [0.5, 0.6) is 0 Å². The van der Waals surface area contributed by atoms with Crippen molar-refractivity contribution in [3.63, 3.8) is 0 Å². The summed E-state index contributed by atoms with van der Waals surface area (Å²) in [5.41, 5.74) is 3.48. The number of anilines is 2. The number of fused-ring (bicyclic) bond motifs is 3. The summed E-state index contributed by atoms with van der Waals surface area (Å²) >= 11 is 6.27. The highest BCUT2D eigenvalue weighted by molar-refractivity contribution is 6.31. The summed E-state index contributed by atoms with van der Waals surface area (Å²) in [7, 11) is 2.08. The molecule has 37 heavy (non-hydrogen) atoms. The van der Waals surface area contributed by atoms with Gasteiger partial charge in [0.05, 0.1) is 0 Å². The highest BCUT2D eigenvalue weighted by Gasteiger charge is 2.38. The topological polar surface area (TPSA) is 90.0 Å². The maximum absolute atomic E-state index is 13.4. The second-order valence-electron chi connectivity index (χ2n) is 9.27. The van der Waals surface area contributed by atoms with Gasteiger partial charge in [-0.1, -0.05) is 11.6 Å². The number of aromatic amines is 1. The van der Waals surface area contributed by atoms with Crippen molar-refractivity contribution in [1.82, 2.24) is 34.8 Å². The lowest BCUT2D eigenvalue weighted by Crippen LogP contribution is -2.45. The first-order valence-electron chi connectivity index (χ1n) is 11.9. The Bertz CT molecular complexity index is 1430. The van der Waals surface area contributed by atoms with Gasteiger partial charge in [-0.25, -0.2) is 19.9 Å². The molecule has 3 aromatic heterocycles. The van der Waals surface area contributed by atoms with Gasteiger partial charge in [0, 0.05) is 72.3 Å². The first-order chi connectivity index (χ1) is 17.8. The van der Waals surface area contributed by atoms with Gasteiger partial charge in [0.2, 0.25) is 17.7 Å². The average molecular weight is 530 g/mol. The van der Waals surface area contributed by atoms with E-state index in [1.165, 1.54) is 0 Å². The van der Waals surface area contributed by atoms with Crippen molar-refractivity contribution >= 4 is 34.4 Å². The summed E-state index contributed by atoms with van der Waals surface area (Å²) in [4.78, 5) is 30.0. The van der Waals surface area contributed by atoms with Crippen LogP contribution < -0.4 is 9.80 Å². The summed E-state index contributed by atoms with van der Waals surface area (Å²) in [5, 5.41) is 1.59. The predicted octanol–water partition coefficient (Wildman–Crippen LogP) is 3.72. The molecule has 2 aliphatic rings. The lowest BCUT2D eigenvalue weighted by atomic mass is 9.94. The molecule has 6 rings (SSSR count). The van der Waals surface area contributed by atoms with Gasteiger partial charge in [0.15, 0.2) is 0 Å². The number of hydrogen-bond acceptors (Lipinski definition) is 8. The molecule has 9 nitrogen and oxygen atoms in total. The van der Waals surface area contributed by atoms with Gasteiger partial charge in [0.1, 0.15) is 12.4 Å². The van der Waals surface area contributed by atoms with Crippen LogP contribution in [-0.2, 0) is 12.6 Å². The third-order valence-electron chi connectivity index (χ3n) is 6.92. The Labute approximate surface area is 215 Å². The summed E-state index contributed by atoms with van der Waals surface area (Å²) < 4.78 is 40.2. The van der Waals surface area contributed by atoms with Crippen LogP contribution in [0.4, 0.5) is 25.1 Å². The van der Waals surface area contributed by atoms with Gasteiger partial charge >= 0.3 is 6.18 Å². The normalized spacial score (nSPS) is 18.9. The summed E-state index contributed by atoms with van der Waals surface area (Å²) in [6, 6.07) is 5.07. The van der Waals surface area contributed by atoms with Gasteiger partial charge in [-0.15, -0.1) is 0 Å². The molecule has 4 aromatic rings. The molecular weight excluding hydrogens is 507 g/mol. The molecule has 0 aliphatic carbocycles. The molecule has 2 aliphatic heterocycles. The molecule has 0 unspecified atom stereocenters. The number of benzene rings is 1. The largest absolute Gasteiger partial charge is 0.451 e. The van der Waals surface area contributed by atoms with Crippen molar-refractivity contribution in [3.8, 4) is 0 Å². The quantitative estimate of drug-likeness (QED) is 0.429. The highest BCUT2D eigenvalue weighted by atomic mass is 35.5. The van der Waals surface area contributed by atoms with Crippen LogP contribution in [0.1, 0.15) is 28.7 Å². The summed E-state index contributed by atoms with van der Waals surface area (Å²) in [6.45, 7) is 3.87. The Balaban J connectivity index is 1.43. The molecular formula is C24H23ClF3N9. The number of rotatable bonds is 3. The Morgan fingerprint density at radius 3 is 2.46 bits per heavy atom. The molecule has 13 heteroatoms. The van der Waals surface area contributed by atoms with E-state index in [4.69, 9.17) is 11.6 Å². The number of hydrogen-bond donors (Lipinski definition) is 1. The predicted molar refractivity (Wildman–Crippen MR) is 133 cm³/mol. The van der Waals surface area contributed by atoms with Gasteiger partial charge in [0.25, 0.3) is 0 Å². The van der Waals surface area contributed by atoms with Crippen LogP contribution in [-0.4, -0.2) is 74.6 Å². The lowest BCUT2D eigenvalue weighted by molar-refractivity contribution is -0.145. The average Bonchev–Trinajstić information content (AvgIpc) is 3.26. The van der Waals surface area contributed by atoms with Crippen molar-refractivity contribution < 1.29 is 13.2 Å². The Morgan fingerprint density at radius 2 is 1.73 bits per heavy atom. The van der Waals surface area contributed by atoms with Gasteiger partial charge in [-0.05, 0) is 37.2 Å². The molecule has 1 saturated heterocycles. The van der Waals surface area contributed by atoms with Crippen LogP contribution in [0.25, 0.3) is 10.9 Å². The second-order valence-corrected chi connectivity index (χ2v) is 9.70. The fourth-order valence-electron chi connectivity index (χ4n) is 5.03. The van der Waals surface area contributed by atoms with Crippen LogP contribution in [0.2, 0.25) is 5.02 Å². The minimum Gasteiger partial charge on any atom is -0.356 e. The van der Waals surface area contributed by atoms with Crippen LogP contribution in [0, 0.1) is 0 Å². The fraction of sp³-hybridized carbons (Fsp3) is 0.375. The number of likely N-dealkylation sites (N-methyl/N-ethyl adjacent to an activating group) is 1. The second kappa shape index (κ2) is 9.10. The molecule has 0 radical (unpaired) electrons. The third-order valence-corrected chi connectivity index (χ3v) is 7.15. The first kappa shape index (κ1) is 23.9. The number of alkyl halides is 3. The zero-order chi connectivity index (χ0) is 25.7. The van der Waals surface area contributed by atoms with E-state index in [0.717, 1.165) is 54.7 Å². The monoisotopic (exact) mass is 529 g/mol. The maximum Gasteiger partial charge on any atom is 0.451 e.